The second-order valence-electron chi connectivity index (χ2n) is 5.48. The maximum absolute atomic E-state index is 2.47. The molecule has 0 aromatic carbocycles. The molecular formula is C14H28IN. The molecule has 16 heavy (non-hydrogen) atoms. The molecule has 0 aliphatic heterocycles. The van der Waals surface area contributed by atoms with Crippen LogP contribution >= 0.6 is 22.6 Å². The molecule has 0 bridgehead atoms. The van der Waals surface area contributed by atoms with Crippen LogP contribution in [0.1, 0.15) is 41.5 Å². The molecule has 0 aliphatic carbocycles. The van der Waals surface area contributed by atoms with E-state index in [9.17, 15) is 0 Å². The lowest BCUT2D eigenvalue weighted by Gasteiger charge is -2.27. The summed E-state index contributed by atoms with van der Waals surface area (Å²) in [7, 11) is 2.21. The van der Waals surface area contributed by atoms with Crippen molar-refractivity contribution >= 4 is 22.6 Å². The van der Waals surface area contributed by atoms with Crippen molar-refractivity contribution in [1.29, 1.82) is 0 Å². The monoisotopic (exact) mass is 337 g/mol. The van der Waals surface area contributed by atoms with Crippen LogP contribution in [-0.2, 0) is 0 Å². The average Bonchev–Trinajstić information content (AvgIpc) is 2.12. The summed E-state index contributed by atoms with van der Waals surface area (Å²) in [5, 5.41) is 0. The van der Waals surface area contributed by atoms with E-state index in [0.29, 0.717) is 21.8 Å². The van der Waals surface area contributed by atoms with E-state index in [2.05, 4.69) is 82.2 Å². The number of hydrogen-bond donors (Lipinski definition) is 0. The van der Waals surface area contributed by atoms with E-state index in [-0.39, 0.29) is 0 Å². The van der Waals surface area contributed by atoms with Crippen LogP contribution in [0.4, 0.5) is 0 Å². The number of halogens is 1. The predicted octanol–water partition coefficient (Wildman–Crippen LogP) is 4.57. The molecule has 0 saturated carbocycles. The summed E-state index contributed by atoms with van der Waals surface area (Å²) in [6.45, 7) is 14.9. The Bertz CT molecular complexity index is 219. The second-order valence-corrected chi connectivity index (χ2v) is 7.28. The van der Waals surface area contributed by atoms with Gasteiger partial charge in [-0.05, 0) is 31.7 Å². The predicted molar refractivity (Wildman–Crippen MR) is 83.0 cm³/mol. The van der Waals surface area contributed by atoms with Crippen molar-refractivity contribution in [2.24, 2.45) is 17.8 Å². The van der Waals surface area contributed by atoms with E-state index < -0.39 is 0 Å². The van der Waals surface area contributed by atoms with Crippen LogP contribution in [0.5, 0.6) is 0 Å². The van der Waals surface area contributed by atoms with Gasteiger partial charge in [0, 0.05) is 6.54 Å². The number of nitrogens with zero attached hydrogens (tertiary/aromatic N) is 1. The Morgan fingerprint density at radius 2 is 1.62 bits per heavy atom. The third-order valence-electron chi connectivity index (χ3n) is 2.93. The molecule has 0 spiro atoms. The lowest BCUT2D eigenvalue weighted by atomic mass is 9.88. The van der Waals surface area contributed by atoms with Crippen LogP contribution in [0.15, 0.2) is 11.6 Å². The summed E-state index contributed by atoms with van der Waals surface area (Å²) in [4.78, 5) is 2.42. The molecule has 2 heteroatoms. The van der Waals surface area contributed by atoms with Gasteiger partial charge in [-0.1, -0.05) is 68.9 Å². The largest absolute Gasteiger partial charge is 0.294 e. The molecule has 0 fully saturated rings. The maximum atomic E-state index is 2.47. The summed E-state index contributed by atoms with van der Waals surface area (Å²) in [5.41, 5.74) is 1.61. The topological polar surface area (TPSA) is 3.24 Å². The Labute approximate surface area is 116 Å². The first-order valence-corrected chi connectivity index (χ1v) is 7.56. The molecule has 0 aromatic heterocycles. The molecule has 0 heterocycles. The molecule has 0 rings (SSSR count). The van der Waals surface area contributed by atoms with E-state index in [1.807, 2.05) is 0 Å². The molecule has 96 valence electrons. The molecule has 0 saturated heterocycles. The van der Waals surface area contributed by atoms with Gasteiger partial charge in [0.15, 0.2) is 0 Å². The van der Waals surface area contributed by atoms with Crippen molar-refractivity contribution in [2.75, 3.05) is 13.6 Å². The van der Waals surface area contributed by atoms with E-state index in [1.165, 1.54) is 0 Å². The van der Waals surface area contributed by atoms with Gasteiger partial charge in [0.1, 0.15) is 0 Å². The summed E-state index contributed by atoms with van der Waals surface area (Å²) in [5.74, 6) is 1.97. The fourth-order valence-electron chi connectivity index (χ4n) is 1.99. The molecule has 1 nitrogen and oxygen atoms in total. The van der Waals surface area contributed by atoms with Gasteiger partial charge in [-0.3, -0.25) is 4.90 Å². The van der Waals surface area contributed by atoms with Gasteiger partial charge >= 0.3 is 0 Å². The second kappa shape index (κ2) is 7.70. The van der Waals surface area contributed by atoms with Gasteiger partial charge in [-0.15, -0.1) is 0 Å². The van der Waals surface area contributed by atoms with Gasteiger partial charge < -0.3 is 0 Å². The van der Waals surface area contributed by atoms with Crippen molar-refractivity contribution in [1.82, 2.24) is 4.90 Å². The normalized spacial score (nSPS) is 17.3. The Morgan fingerprint density at radius 1 is 1.12 bits per heavy atom. The molecule has 0 radical (unpaired) electrons. The van der Waals surface area contributed by atoms with Gasteiger partial charge in [0.2, 0.25) is 0 Å². The van der Waals surface area contributed by atoms with Crippen LogP contribution in [0, 0.1) is 17.8 Å². The number of allylic oxidation sites excluding steroid dienone is 1. The molecule has 0 N–H and O–H groups in total. The molecule has 0 aromatic rings. The minimum Gasteiger partial charge on any atom is -0.294 e. The Morgan fingerprint density at radius 3 is 1.94 bits per heavy atom. The van der Waals surface area contributed by atoms with Crippen LogP contribution in [0.3, 0.4) is 0 Å². The smallest absolute Gasteiger partial charge is 0.0587 e. The van der Waals surface area contributed by atoms with Crippen LogP contribution in [0.25, 0.3) is 0 Å². The molecule has 0 aliphatic rings. The fourth-order valence-corrected chi connectivity index (χ4v) is 2.22. The summed E-state index contributed by atoms with van der Waals surface area (Å²) < 4.78 is 0.604. The standard InChI is InChI=1S/C14H28IN/c1-10(2)8-14(11(3)4)12(5)9-16(7)13(6)15/h8,10-13H,9H2,1-7H3/b14-8-. The highest BCUT2D eigenvalue weighted by Crippen LogP contribution is 2.23. The minimum atomic E-state index is 0.604. The van der Waals surface area contributed by atoms with Crippen molar-refractivity contribution in [3.8, 4) is 0 Å². The van der Waals surface area contributed by atoms with E-state index in [1.54, 1.807) is 5.57 Å². The molecule has 2 unspecified atom stereocenters. The first-order valence-electron chi connectivity index (χ1n) is 6.31. The Balaban J connectivity index is 4.57. The Kier molecular flexibility index (Phi) is 7.90. The lowest BCUT2D eigenvalue weighted by Crippen LogP contribution is -2.30. The van der Waals surface area contributed by atoms with Gasteiger partial charge in [-0.2, -0.15) is 0 Å². The number of rotatable bonds is 6. The third-order valence-corrected chi connectivity index (χ3v) is 3.88. The summed E-state index contributed by atoms with van der Waals surface area (Å²) >= 11 is 2.47. The summed E-state index contributed by atoms with van der Waals surface area (Å²) in [6, 6.07) is 0. The zero-order valence-electron chi connectivity index (χ0n) is 11.9. The van der Waals surface area contributed by atoms with E-state index in [4.69, 9.17) is 0 Å². The van der Waals surface area contributed by atoms with Crippen molar-refractivity contribution in [2.45, 2.75) is 45.6 Å². The van der Waals surface area contributed by atoms with Crippen LogP contribution in [-0.4, -0.2) is 22.5 Å². The lowest BCUT2D eigenvalue weighted by molar-refractivity contribution is 0.299. The average molecular weight is 337 g/mol. The zero-order valence-corrected chi connectivity index (χ0v) is 14.1. The van der Waals surface area contributed by atoms with E-state index >= 15 is 0 Å². The van der Waals surface area contributed by atoms with Gasteiger partial charge in [-0.25, -0.2) is 0 Å². The molecular weight excluding hydrogens is 309 g/mol. The van der Waals surface area contributed by atoms with E-state index in [0.717, 1.165) is 6.54 Å². The highest BCUT2D eigenvalue weighted by Gasteiger charge is 2.16. The third kappa shape index (κ3) is 6.24. The quantitative estimate of drug-likeness (QED) is 0.297. The minimum absolute atomic E-state index is 0.604. The first-order chi connectivity index (χ1) is 7.25. The number of alkyl halides is 1. The first kappa shape index (κ1) is 16.4. The highest BCUT2D eigenvalue weighted by atomic mass is 127. The van der Waals surface area contributed by atoms with Crippen molar-refractivity contribution in [3.05, 3.63) is 11.6 Å². The Hall–Kier alpha value is 0.430. The summed E-state index contributed by atoms with van der Waals surface area (Å²) in [6.07, 6.45) is 2.45. The van der Waals surface area contributed by atoms with Crippen molar-refractivity contribution < 1.29 is 0 Å². The maximum Gasteiger partial charge on any atom is 0.0587 e. The SMILES string of the molecule is CC(C)/C=C(/C(C)C)C(C)CN(C)C(C)I. The fraction of sp³-hybridized carbons (Fsp3) is 0.857. The van der Waals surface area contributed by atoms with Crippen LogP contribution < -0.4 is 0 Å². The van der Waals surface area contributed by atoms with Gasteiger partial charge in [0.05, 0.1) is 4.05 Å². The highest BCUT2D eigenvalue weighted by molar-refractivity contribution is 14.1. The zero-order chi connectivity index (χ0) is 12.9. The number of hydrogen-bond acceptors (Lipinski definition) is 1. The van der Waals surface area contributed by atoms with Crippen LogP contribution in [0.2, 0.25) is 0 Å². The molecule has 2 atom stereocenters. The molecule has 0 amide bonds. The van der Waals surface area contributed by atoms with Gasteiger partial charge in [0.25, 0.3) is 0 Å². The van der Waals surface area contributed by atoms with Crippen molar-refractivity contribution in [3.63, 3.8) is 0 Å².